The third-order valence-corrected chi connectivity index (χ3v) is 7.08. The van der Waals surface area contributed by atoms with Crippen LogP contribution in [0.3, 0.4) is 0 Å². The van der Waals surface area contributed by atoms with Crippen LogP contribution >= 0.6 is 0 Å². The van der Waals surface area contributed by atoms with E-state index >= 15 is 0 Å². The lowest BCUT2D eigenvalue weighted by Gasteiger charge is -2.30. The highest BCUT2D eigenvalue weighted by Crippen LogP contribution is 2.55. The number of fused-ring (bicyclic) bond motifs is 4. The number of rotatable bonds is 2. The molecular formula is C25H23N5. The van der Waals surface area contributed by atoms with E-state index in [4.69, 9.17) is 15.7 Å². The van der Waals surface area contributed by atoms with E-state index in [0.717, 1.165) is 44.7 Å². The zero-order chi connectivity index (χ0) is 20.3. The first kappa shape index (κ1) is 17.5. The lowest BCUT2D eigenvalue weighted by molar-refractivity contribution is 0.298. The average molecular weight is 393 g/mol. The molecule has 6 rings (SSSR count). The lowest BCUT2D eigenvalue weighted by Crippen LogP contribution is -2.29. The quantitative estimate of drug-likeness (QED) is 0.492. The number of benzene rings is 1. The monoisotopic (exact) mass is 393 g/mol. The summed E-state index contributed by atoms with van der Waals surface area (Å²) >= 11 is 0. The van der Waals surface area contributed by atoms with E-state index in [2.05, 4.69) is 33.5 Å². The summed E-state index contributed by atoms with van der Waals surface area (Å²) in [5.74, 6) is 7.89. The van der Waals surface area contributed by atoms with E-state index in [1.807, 2.05) is 31.3 Å². The van der Waals surface area contributed by atoms with Gasteiger partial charge in [0.15, 0.2) is 0 Å². The first-order chi connectivity index (χ1) is 14.7. The van der Waals surface area contributed by atoms with Gasteiger partial charge in [0.1, 0.15) is 23.5 Å². The molecule has 0 radical (unpaired) electrons. The van der Waals surface area contributed by atoms with Gasteiger partial charge in [0.2, 0.25) is 0 Å². The van der Waals surface area contributed by atoms with Crippen LogP contribution < -0.4 is 5.73 Å². The van der Waals surface area contributed by atoms with Gasteiger partial charge < -0.3 is 10.3 Å². The Bertz CT molecular complexity index is 1360. The van der Waals surface area contributed by atoms with E-state index in [1.165, 1.54) is 32.1 Å². The van der Waals surface area contributed by atoms with Gasteiger partial charge in [-0.2, -0.15) is 0 Å². The molecular weight excluding hydrogens is 370 g/mol. The fourth-order valence-corrected chi connectivity index (χ4v) is 5.80. The summed E-state index contributed by atoms with van der Waals surface area (Å²) in [5, 5.41) is 2.00. The van der Waals surface area contributed by atoms with Crippen LogP contribution in [-0.4, -0.2) is 19.5 Å². The van der Waals surface area contributed by atoms with Crippen molar-refractivity contribution in [2.45, 2.75) is 44.6 Å². The Labute approximate surface area is 175 Å². The molecule has 0 saturated heterocycles. The Morgan fingerprint density at radius 2 is 1.97 bits per heavy atom. The molecule has 2 N–H and O–H groups in total. The SMILES string of the molecule is CC#Cc1c(-c2cnc3ccccc3c2)c2c(N)ncnc2n1C12CCC(CC1)C2. The molecule has 0 atom stereocenters. The maximum Gasteiger partial charge on any atom is 0.147 e. The van der Waals surface area contributed by atoms with Crippen LogP contribution in [-0.2, 0) is 5.54 Å². The summed E-state index contributed by atoms with van der Waals surface area (Å²) in [6.45, 7) is 1.89. The lowest BCUT2D eigenvalue weighted by atomic mass is 9.93. The molecule has 2 aliphatic carbocycles. The zero-order valence-electron chi connectivity index (χ0n) is 17.0. The number of hydrogen-bond acceptors (Lipinski definition) is 4. The van der Waals surface area contributed by atoms with Gasteiger partial charge in [0.05, 0.1) is 10.9 Å². The number of pyridine rings is 1. The molecule has 0 spiro atoms. The fraction of sp³-hybridized carbons (Fsp3) is 0.320. The average Bonchev–Trinajstić information content (AvgIpc) is 3.46. The third-order valence-electron chi connectivity index (χ3n) is 7.08. The molecule has 2 aliphatic rings. The van der Waals surface area contributed by atoms with Gasteiger partial charge in [0, 0.05) is 28.2 Å². The Balaban J connectivity index is 1.73. The number of para-hydroxylation sites is 1. The smallest absolute Gasteiger partial charge is 0.147 e. The summed E-state index contributed by atoms with van der Waals surface area (Å²) in [7, 11) is 0. The van der Waals surface area contributed by atoms with E-state index in [0.29, 0.717) is 5.82 Å². The largest absolute Gasteiger partial charge is 0.383 e. The van der Waals surface area contributed by atoms with E-state index in [9.17, 15) is 0 Å². The predicted molar refractivity (Wildman–Crippen MR) is 120 cm³/mol. The molecule has 1 aromatic carbocycles. The summed E-state index contributed by atoms with van der Waals surface area (Å²) in [4.78, 5) is 13.8. The van der Waals surface area contributed by atoms with Crippen LogP contribution in [0.5, 0.6) is 0 Å². The molecule has 3 heterocycles. The normalized spacial score (nSPS) is 22.5. The van der Waals surface area contributed by atoms with Gasteiger partial charge in [-0.05, 0) is 63.0 Å². The molecule has 2 saturated carbocycles. The van der Waals surface area contributed by atoms with Gasteiger partial charge in [-0.15, -0.1) is 0 Å². The third kappa shape index (κ3) is 2.34. The van der Waals surface area contributed by atoms with Gasteiger partial charge in [-0.25, -0.2) is 9.97 Å². The van der Waals surface area contributed by atoms with Gasteiger partial charge >= 0.3 is 0 Å². The molecule has 3 aromatic heterocycles. The molecule has 30 heavy (non-hydrogen) atoms. The molecule has 0 aliphatic heterocycles. The molecule has 5 heteroatoms. The number of nitrogens with zero attached hydrogens (tertiary/aromatic N) is 4. The van der Waals surface area contributed by atoms with Crippen molar-refractivity contribution in [2.75, 3.05) is 5.73 Å². The molecule has 2 fully saturated rings. The summed E-state index contributed by atoms with van der Waals surface area (Å²) < 4.78 is 2.41. The van der Waals surface area contributed by atoms with Crippen LogP contribution in [0.4, 0.5) is 5.82 Å². The minimum absolute atomic E-state index is 0.0887. The van der Waals surface area contributed by atoms with Crippen LogP contribution in [0.25, 0.3) is 33.1 Å². The summed E-state index contributed by atoms with van der Waals surface area (Å²) in [5.41, 5.74) is 11.4. The van der Waals surface area contributed by atoms with E-state index in [-0.39, 0.29) is 5.54 Å². The second-order valence-electron chi connectivity index (χ2n) is 8.68. The van der Waals surface area contributed by atoms with Crippen molar-refractivity contribution in [2.24, 2.45) is 5.92 Å². The van der Waals surface area contributed by atoms with E-state index in [1.54, 1.807) is 6.33 Å². The van der Waals surface area contributed by atoms with Gasteiger partial charge in [-0.3, -0.25) is 4.98 Å². The molecule has 0 amide bonds. The van der Waals surface area contributed by atoms with Gasteiger partial charge in [-0.1, -0.05) is 24.1 Å². The maximum atomic E-state index is 6.45. The minimum atomic E-state index is 0.0887. The maximum absolute atomic E-state index is 6.45. The van der Waals surface area contributed by atoms with Crippen LogP contribution in [0, 0.1) is 17.8 Å². The second-order valence-corrected chi connectivity index (χ2v) is 8.68. The van der Waals surface area contributed by atoms with Crippen molar-refractivity contribution in [3.05, 3.63) is 48.5 Å². The van der Waals surface area contributed by atoms with Crippen molar-refractivity contribution in [3.63, 3.8) is 0 Å². The zero-order valence-corrected chi connectivity index (χ0v) is 17.0. The Morgan fingerprint density at radius 1 is 1.13 bits per heavy atom. The van der Waals surface area contributed by atoms with Crippen LogP contribution in [0.2, 0.25) is 0 Å². The number of aromatic nitrogens is 4. The van der Waals surface area contributed by atoms with Crippen molar-refractivity contribution in [1.82, 2.24) is 19.5 Å². The molecule has 2 bridgehead atoms. The first-order valence-electron chi connectivity index (χ1n) is 10.6. The van der Waals surface area contributed by atoms with Crippen molar-refractivity contribution in [1.29, 1.82) is 0 Å². The standard InChI is InChI=1S/C25H23N5/c1-2-5-20-21(18-12-17-6-3-4-7-19(17)27-14-18)22-23(26)28-15-29-24(22)30(20)25-10-8-16(13-25)9-11-25/h3-4,6-7,12,14-16H,8-11,13H2,1H3,(H2,26,28,29). The summed E-state index contributed by atoms with van der Waals surface area (Å²) in [6, 6.07) is 10.3. The van der Waals surface area contributed by atoms with Crippen molar-refractivity contribution >= 4 is 27.8 Å². The molecule has 4 aromatic rings. The van der Waals surface area contributed by atoms with Crippen molar-refractivity contribution < 1.29 is 0 Å². The van der Waals surface area contributed by atoms with Crippen molar-refractivity contribution in [3.8, 4) is 23.0 Å². The topological polar surface area (TPSA) is 69.6 Å². The first-order valence-corrected chi connectivity index (χ1v) is 10.6. The Morgan fingerprint density at radius 3 is 2.73 bits per heavy atom. The Hall–Kier alpha value is -3.39. The van der Waals surface area contributed by atoms with Crippen LogP contribution in [0.1, 0.15) is 44.7 Å². The predicted octanol–water partition coefficient (Wildman–Crippen LogP) is 4.89. The minimum Gasteiger partial charge on any atom is -0.383 e. The highest BCUT2D eigenvalue weighted by atomic mass is 15.1. The van der Waals surface area contributed by atoms with Gasteiger partial charge in [0.25, 0.3) is 0 Å². The number of hydrogen-bond donors (Lipinski definition) is 1. The van der Waals surface area contributed by atoms with Crippen LogP contribution in [0.15, 0.2) is 42.9 Å². The molecule has 148 valence electrons. The highest BCUT2D eigenvalue weighted by molar-refractivity contribution is 6.04. The Kier molecular flexibility index (Phi) is 3.67. The fourth-order valence-electron chi connectivity index (χ4n) is 5.80. The highest BCUT2D eigenvalue weighted by Gasteiger charge is 2.48. The number of nitrogen functional groups attached to an aromatic ring is 1. The second kappa shape index (κ2) is 6.30. The molecule has 0 unspecified atom stereocenters. The molecule has 5 nitrogen and oxygen atoms in total. The number of nitrogens with two attached hydrogens (primary N) is 1. The van der Waals surface area contributed by atoms with E-state index < -0.39 is 0 Å². The summed E-state index contributed by atoms with van der Waals surface area (Å²) in [6.07, 6.45) is 9.64. The number of anilines is 1.